The zero-order valence-electron chi connectivity index (χ0n) is 18.3. The first-order chi connectivity index (χ1) is 15.3. The molecular formula is C24H27NO6S. The van der Waals surface area contributed by atoms with E-state index in [1.807, 2.05) is 44.4 Å². The van der Waals surface area contributed by atoms with E-state index < -0.39 is 41.9 Å². The number of aliphatic carboxylic acids is 1. The zero-order chi connectivity index (χ0) is 23.0. The number of aryl methyl sites for hydroxylation is 2. The molecular weight excluding hydrogens is 430 g/mol. The maximum atomic E-state index is 13.2. The molecule has 0 spiro atoms. The minimum atomic E-state index is -1.03. The number of thiophene rings is 1. The lowest BCUT2D eigenvalue weighted by Gasteiger charge is -2.23. The highest BCUT2D eigenvalue weighted by molar-refractivity contribution is 7.15. The molecule has 0 aliphatic carbocycles. The number of ether oxygens (including phenoxy) is 2. The number of carboxylic acid groups (broad SMARTS) is 1. The molecule has 8 heteroatoms. The van der Waals surface area contributed by atoms with Gasteiger partial charge in [0.05, 0.1) is 30.7 Å². The molecule has 2 aromatic rings. The number of hydrogen-bond acceptors (Lipinski definition) is 6. The molecule has 0 saturated carbocycles. The summed E-state index contributed by atoms with van der Waals surface area (Å²) >= 11 is 1.24. The quantitative estimate of drug-likeness (QED) is 0.597. The Morgan fingerprint density at radius 2 is 1.88 bits per heavy atom. The van der Waals surface area contributed by atoms with Crippen molar-refractivity contribution in [1.82, 2.24) is 0 Å². The van der Waals surface area contributed by atoms with Crippen LogP contribution < -0.4 is 5.32 Å². The lowest BCUT2D eigenvalue weighted by Crippen LogP contribution is -2.41. The van der Waals surface area contributed by atoms with Gasteiger partial charge < -0.3 is 19.9 Å². The molecule has 2 saturated heterocycles. The summed E-state index contributed by atoms with van der Waals surface area (Å²) in [6.45, 7) is 6.16. The van der Waals surface area contributed by atoms with Gasteiger partial charge in [0, 0.05) is 10.9 Å². The molecule has 1 aromatic heterocycles. The van der Waals surface area contributed by atoms with Gasteiger partial charge in [0.1, 0.15) is 10.6 Å². The Bertz CT molecular complexity index is 1060. The van der Waals surface area contributed by atoms with Crippen molar-refractivity contribution in [1.29, 1.82) is 0 Å². The van der Waals surface area contributed by atoms with Crippen molar-refractivity contribution in [2.24, 2.45) is 11.8 Å². The predicted molar refractivity (Wildman–Crippen MR) is 121 cm³/mol. The Labute approximate surface area is 190 Å². The van der Waals surface area contributed by atoms with Crippen LogP contribution in [0, 0.1) is 25.7 Å². The SMILES string of the molecule is CCCOC(=O)c1c(-c2ccc(C)cc2C)csc1NC(=O)[C@H]1[C@@H](C(=O)O)[C@H]2CC[C@@H]1O2. The van der Waals surface area contributed by atoms with E-state index in [0.717, 1.165) is 16.7 Å². The number of hydrogen-bond donors (Lipinski definition) is 2. The molecule has 2 bridgehead atoms. The maximum absolute atomic E-state index is 13.2. The summed E-state index contributed by atoms with van der Waals surface area (Å²) in [7, 11) is 0. The molecule has 2 N–H and O–H groups in total. The number of amides is 1. The Hall–Kier alpha value is -2.71. The van der Waals surface area contributed by atoms with Crippen LogP contribution in [-0.2, 0) is 19.1 Å². The summed E-state index contributed by atoms with van der Waals surface area (Å²) in [5.41, 5.74) is 4.02. The normalized spacial score (nSPS) is 23.8. The standard InChI is InChI=1S/C24H27NO6S/c1-4-9-30-24(29)18-15(14-6-5-12(2)10-13(14)3)11-32-22(18)25-21(26)19-16-7-8-17(31-16)20(19)23(27)28/h5-6,10-11,16-17,19-20H,4,7-9H2,1-3H3,(H,25,26)(H,27,28)/t16-,17+,19+,20-/m0/s1. The first-order valence-corrected chi connectivity index (χ1v) is 11.7. The molecule has 4 atom stereocenters. The van der Waals surface area contributed by atoms with Crippen LogP contribution in [0.25, 0.3) is 11.1 Å². The number of rotatable bonds is 7. The van der Waals surface area contributed by atoms with Crippen molar-refractivity contribution in [2.75, 3.05) is 11.9 Å². The molecule has 2 aliphatic rings. The number of carbonyl (C=O) groups excluding carboxylic acids is 2. The second-order valence-corrected chi connectivity index (χ2v) is 9.36. The Morgan fingerprint density at radius 3 is 2.53 bits per heavy atom. The van der Waals surface area contributed by atoms with Crippen LogP contribution in [0.1, 0.15) is 47.7 Å². The second kappa shape index (κ2) is 9.03. The number of esters is 1. The van der Waals surface area contributed by atoms with E-state index in [-0.39, 0.29) is 6.61 Å². The number of benzene rings is 1. The molecule has 7 nitrogen and oxygen atoms in total. The number of fused-ring (bicyclic) bond motifs is 2. The fourth-order valence-corrected chi connectivity index (χ4v) is 5.70. The van der Waals surface area contributed by atoms with E-state index in [1.165, 1.54) is 11.3 Å². The summed E-state index contributed by atoms with van der Waals surface area (Å²) < 4.78 is 11.1. The third-order valence-electron chi connectivity index (χ3n) is 6.20. The fourth-order valence-electron chi connectivity index (χ4n) is 4.75. The molecule has 1 aromatic carbocycles. The van der Waals surface area contributed by atoms with Crippen molar-refractivity contribution in [2.45, 2.75) is 52.2 Å². The number of carbonyl (C=O) groups is 3. The molecule has 2 fully saturated rings. The lowest BCUT2D eigenvalue weighted by atomic mass is 9.78. The third-order valence-corrected chi connectivity index (χ3v) is 7.10. The van der Waals surface area contributed by atoms with Gasteiger partial charge in [-0.3, -0.25) is 9.59 Å². The van der Waals surface area contributed by atoms with Gasteiger partial charge in [0.15, 0.2) is 0 Å². The summed E-state index contributed by atoms with van der Waals surface area (Å²) in [4.78, 5) is 37.9. The van der Waals surface area contributed by atoms with Gasteiger partial charge in [-0.25, -0.2) is 4.79 Å². The fraction of sp³-hybridized carbons (Fsp3) is 0.458. The van der Waals surface area contributed by atoms with Gasteiger partial charge >= 0.3 is 11.9 Å². The van der Waals surface area contributed by atoms with Gasteiger partial charge in [0.25, 0.3) is 0 Å². The Balaban J connectivity index is 1.68. The highest BCUT2D eigenvalue weighted by atomic mass is 32.1. The third kappa shape index (κ3) is 4.04. The van der Waals surface area contributed by atoms with Gasteiger partial charge in [-0.15, -0.1) is 11.3 Å². The van der Waals surface area contributed by atoms with Gasteiger partial charge in [0.2, 0.25) is 5.91 Å². The maximum Gasteiger partial charge on any atom is 0.341 e. The van der Waals surface area contributed by atoms with E-state index >= 15 is 0 Å². The highest BCUT2D eigenvalue weighted by Crippen LogP contribution is 2.45. The first kappa shape index (κ1) is 22.5. The monoisotopic (exact) mass is 457 g/mol. The summed E-state index contributed by atoms with van der Waals surface area (Å²) in [5, 5.41) is 14.7. The van der Waals surface area contributed by atoms with Crippen LogP contribution in [0.3, 0.4) is 0 Å². The molecule has 0 unspecified atom stereocenters. The van der Waals surface area contributed by atoms with Crippen LogP contribution in [0.2, 0.25) is 0 Å². The van der Waals surface area contributed by atoms with E-state index in [0.29, 0.717) is 35.4 Å². The molecule has 1 amide bonds. The smallest absolute Gasteiger partial charge is 0.341 e. The van der Waals surface area contributed by atoms with Gasteiger partial charge in [-0.2, -0.15) is 0 Å². The van der Waals surface area contributed by atoms with Crippen molar-refractivity contribution in [3.8, 4) is 11.1 Å². The van der Waals surface area contributed by atoms with E-state index in [2.05, 4.69) is 5.32 Å². The molecule has 0 radical (unpaired) electrons. The van der Waals surface area contributed by atoms with Crippen molar-refractivity contribution in [3.63, 3.8) is 0 Å². The van der Waals surface area contributed by atoms with Crippen LogP contribution in [-0.4, -0.2) is 41.8 Å². The van der Waals surface area contributed by atoms with E-state index in [4.69, 9.17) is 9.47 Å². The van der Waals surface area contributed by atoms with Crippen molar-refractivity contribution < 1.29 is 29.0 Å². The number of nitrogens with one attached hydrogen (secondary N) is 1. The second-order valence-electron chi connectivity index (χ2n) is 8.48. The van der Waals surface area contributed by atoms with E-state index in [1.54, 1.807) is 0 Å². The first-order valence-electron chi connectivity index (χ1n) is 10.9. The number of anilines is 1. The summed E-state index contributed by atoms with van der Waals surface area (Å²) in [6, 6.07) is 5.97. The summed E-state index contributed by atoms with van der Waals surface area (Å²) in [6.07, 6.45) is 1.15. The predicted octanol–water partition coefficient (Wildman–Crippen LogP) is 4.42. The average molecular weight is 458 g/mol. The Morgan fingerprint density at radius 1 is 1.16 bits per heavy atom. The minimum absolute atomic E-state index is 0.274. The molecule has 3 heterocycles. The van der Waals surface area contributed by atoms with Crippen LogP contribution in [0.5, 0.6) is 0 Å². The van der Waals surface area contributed by atoms with Crippen molar-refractivity contribution in [3.05, 3.63) is 40.3 Å². The molecule has 170 valence electrons. The Kier molecular flexibility index (Phi) is 6.35. The van der Waals surface area contributed by atoms with Gasteiger partial charge in [-0.05, 0) is 44.2 Å². The minimum Gasteiger partial charge on any atom is -0.481 e. The molecule has 2 aliphatic heterocycles. The number of carboxylic acids is 1. The van der Waals surface area contributed by atoms with Crippen LogP contribution in [0.15, 0.2) is 23.6 Å². The molecule has 32 heavy (non-hydrogen) atoms. The molecule has 4 rings (SSSR count). The van der Waals surface area contributed by atoms with Crippen LogP contribution >= 0.6 is 11.3 Å². The zero-order valence-corrected chi connectivity index (χ0v) is 19.2. The lowest BCUT2D eigenvalue weighted by molar-refractivity contribution is -0.147. The van der Waals surface area contributed by atoms with Gasteiger partial charge in [-0.1, -0.05) is 30.7 Å². The largest absolute Gasteiger partial charge is 0.481 e. The summed E-state index contributed by atoms with van der Waals surface area (Å²) in [5.74, 6) is -3.61. The van der Waals surface area contributed by atoms with Crippen molar-refractivity contribution >= 4 is 34.2 Å². The topological polar surface area (TPSA) is 102 Å². The highest BCUT2D eigenvalue weighted by Gasteiger charge is 2.55. The average Bonchev–Trinajstić information content (AvgIpc) is 3.46. The van der Waals surface area contributed by atoms with Crippen LogP contribution in [0.4, 0.5) is 5.00 Å². The van der Waals surface area contributed by atoms with E-state index in [9.17, 15) is 19.5 Å².